The van der Waals surface area contributed by atoms with Gasteiger partial charge in [0.2, 0.25) is 0 Å². The standard InChI is InChI=1S/C9H10Cl2FN/c1-13(2)9(11)7-5-6(10)3-4-8(7)12/h3-5,9H,1-2H3. The number of hydrogen-bond acceptors (Lipinski definition) is 1. The van der Waals surface area contributed by atoms with Crippen LogP contribution in [0.3, 0.4) is 0 Å². The van der Waals surface area contributed by atoms with Crippen LogP contribution in [0, 0.1) is 5.82 Å². The molecule has 0 amide bonds. The summed E-state index contributed by atoms with van der Waals surface area (Å²) in [6.45, 7) is 0. The number of alkyl halides is 1. The second-order valence-electron chi connectivity index (χ2n) is 2.97. The van der Waals surface area contributed by atoms with Crippen molar-refractivity contribution >= 4 is 23.2 Å². The van der Waals surface area contributed by atoms with Gasteiger partial charge in [0.15, 0.2) is 0 Å². The number of nitrogens with zero attached hydrogens (tertiary/aromatic N) is 1. The van der Waals surface area contributed by atoms with Crippen molar-refractivity contribution in [2.45, 2.75) is 5.50 Å². The number of hydrogen-bond donors (Lipinski definition) is 0. The minimum atomic E-state index is -0.487. The Balaban J connectivity index is 3.05. The molecule has 0 fully saturated rings. The fourth-order valence-electron chi connectivity index (χ4n) is 0.975. The summed E-state index contributed by atoms with van der Waals surface area (Å²) in [7, 11) is 3.55. The van der Waals surface area contributed by atoms with E-state index in [0.717, 1.165) is 0 Å². The van der Waals surface area contributed by atoms with Crippen molar-refractivity contribution in [3.8, 4) is 0 Å². The van der Waals surface area contributed by atoms with Crippen LogP contribution in [0.25, 0.3) is 0 Å². The largest absolute Gasteiger partial charge is 0.290 e. The van der Waals surface area contributed by atoms with E-state index in [1.807, 2.05) is 0 Å². The molecule has 0 spiro atoms. The smallest absolute Gasteiger partial charge is 0.129 e. The third-order valence-electron chi connectivity index (χ3n) is 1.67. The lowest BCUT2D eigenvalue weighted by Gasteiger charge is -2.18. The van der Waals surface area contributed by atoms with E-state index in [2.05, 4.69) is 0 Å². The van der Waals surface area contributed by atoms with Crippen molar-refractivity contribution in [2.75, 3.05) is 14.1 Å². The van der Waals surface area contributed by atoms with Crippen molar-refractivity contribution in [3.05, 3.63) is 34.6 Å². The Morgan fingerprint density at radius 1 is 1.38 bits per heavy atom. The highest BCUT2D eigenvalue weighted by atomic mass is 35.5. The lowest BCUT2D eigenvalue weighted by atomic mass is 10.2. The van der Waals surface area contributed by atoms with E-state index < -0.39 is 5.50 Å². The molecule has 0 radical (unpaired) electrons. The molecule has 0 saturated carbocycles. The maximum absolute atomic E-state index is 13.2. The van der Waals surface area contributed by atoms with Gasteiger partial charge in [-0.05, 0) is 32.3 Å². The molecule has 0 N–H and O–H groups in total. The van der Waals surface area contributed by atoms with E-state index in [4.69, 9.17) is 23.2 Å². The normalized spacial score (nSPS) is 13.4. The molecule has 1 aromatic rings. The second-order valence-corrected chi connectivity index (χ2v) is 3.82. The van der Waals surface area contributed by atoms with Crippen molar-refractivity contribution in [1.29, 1.82) is 0 Å². The first-order valence-corrected chi connectivity index (χ1v) is 4.59. The molecule has 1 unspecified atom stereocenters. The van der Waals surface area contributed by atoms with Crippen LogP contribution in [0.1, 0.15) is 11.1 Å². The van der Waals surface area contributed by atoms with E-state index in [1.54, 1.807) is 19.0 Å². The van der Waals surface area contributed by atoms with Crippen molar-refractivity contribution in [1.82, 2.24) is 4.90 Å². The van der Waals surface area contributed by atoms with Gasteiger partial charge < -0.3 is 0 Å². The predicted molar refractivity (Wildman–Crippen MR) is 53.7 cm³/mol. The molecule has 0 heterocycles. The van der Waals surface area contributed by atoms with Crippen molar-refractivity contribution in [2.24, 2.45) is 0 Å². The van der Waals surface area contributed by atoms with E-state index in [1.165, 1.54) is 18.2 Å². The third kappa shape index (κ3) is 2.56. The van der Waals surface area contributed by atoms with Gasteiger partial charge in [-0.1, -0.05) is 11.6 Å². The van der Waals surface area contributed by atoms with E-state index in [9.17, 15) is 4.39 Å². The Morgan fingerprint density at radius 2 is 2.00 bits per heavy atom. The molecule has 1 nitrogen and oxygen atoms in total. The Bertz CT molecular complexity index is 302. The molecule has 4 heteroatoms. The van der Waals surface area contributed by atoms with Crippen LogP contribution in [0.4, 0.5) is 4.39 Å². The van der Waals surface area contributed by atoms with Crippen LogP contribution < -0.4 is 0 Å². The minimum Gasteiger partial charge on any atom is -0.290 e. The second kappa shape index (κ2) is 4.27. The summed E-state index contributed by atoms with van der Waals surface area (Å²) in [5.41, 5.74) is -0.0853. The van der Waals surface area contributed by atoms with Gasteiger partial charge in [-0.15, -0.1) is 11.6 Å². The maximum atomic E-state index is 13.2. The molecule has 13 heavy (non-hydrogen) atoms. The molecular formula is C9H10Cl2FN. The first kappa shape index (κ1) is 10.8. The third-order valence-corrected chi connectivity index (χ3v) is 2.53. The molecule has 1 atom stereocenters. The average Bonchev–Trinajstić information content (AvgIpc) is 2.08. The summed E-state index contributed by atoms with van der Waals surface area (Å²) in [6.07, 6.45) is 0. The summed E-state index contributed by atoms with van der Waals surface area (Å²) in [5.74, 6) is -0.335. The number of halogens is 3. The van der Waals surface area contributed by atoms with Gasteiger partial charge in [0.1, 0.15) is 11.3 Å². The molecule has 0 saturated heterocycles. The first-order chi connectivity index (χ1) is 6.02. The highest BCUT2D eigenvalue weighted by Gasteiger charge is 2.14. The van der Waals surface area contributed by atoms with Gasteiger partial charge in [-0.25, -0.2) is 4.39 Å². The Kier molecular flexibility index (Phi) is 3.54. The highest BCUT2D eigenvalue weighted by Crippen LogP contribution is 2.27. The van der Waals surface area contributed by atoms with Gasteiger partial charge in [0.05, 0.1) is 0 Å². The van der Waals surface area contributed by atoms with Crippen LogP contribution in [0.15, 0.2) is 18.2 Å². The van der Waals surface area contributed by atoms with Crippen LogP contribution >= 0.6 is 23.2 Å². The van der Waals surface area contributed by atoms with Gasteiger partial charge in [-0.3, -0.25) is 4.90 Å². The molecular weight excluding hydrogens is 212 g/mol. The molecule has 0 bridgehead atoms. The van der Waals surface area contributed by atoms with Gasteiger partial charge >= 0.3 is 0 Å². The van der Waals surface area contributed by atoms with E-state index in [0.29, 0.717) is 10.6 Å². The predicted octanol–water partition coefficient (Wildman–Crippen LogP) is 3.28. The van der Waals surface area contributed by atoms with Gasteiger partial charge in [-0.2, -0.15) is 0 Å². The topological polar surface area (TPSA) is 3.24 Å². The quantitative estimate of drug-likeness (QED) is 0.548. The fraction of sp³-hybridized carbons (Fsp3) is 0.333. The van der Waals surface area contributed by atoms with Crippen LogP contribution in [-0.4, -0.2) is 19.0 Å². The summed E-state index contributed by atoms with van der Waals surface area (Å²) >= 11 is 11.7. The van der Waals surface area contributed by atoms with Crippen molar-refractivity contribution < 1.29 is 4.39 Å². The first-order valence-electron chi connectivity index (χ1n) is 3.78. The number of benzene rings is 1. The Hall–Kier alpha value is -0.310. The zero-order valence-electron chi connectivity index (χ0n) is 7.39. The summed E-state index contributed by atoms with van der Waals surface area (Å²) < 4.78 is 13.2. The lowest BCUT2D eigenvalue weighted by molar-refractivity contribution is 0.375. The molecule has 1 aromatic carbocycles. The monoisotopic (exact) mass is 221 g/mol. The van der Waals surface area contributed by atoms with Crippen molar-refractivity contribution in [3.63, 3.8) is 0 Å². The minimum absolute atomic E-state index is 0.335. The molecule has 0 aliphatic heterocycles. The van der Waals surface area contributed by atoms with Crippen LogP contribution in [0.5, 0.6) is 0 Å². The SMILES string of the molecule is CN(C)C(Cl)c1cc(Cl)ccc1F. The number of rotatable bonds is 2. The summed E-state index contributed by atoms with van der Waals surface area (Å²) in [5, 5.41) is 0.490. The molecule has 0 aliphatic rings. The lowest BCUT2D eigenvalue weighted by Crippen LogP contribution is -2.15. The van der Waals surface area contributed by atoms with Gasteiger partial charge in [0, 0.05) is 10.6 Å². The zero-order chi connectivity index (χ0) is 10.0. The molecule has 0 aromatic heterocycles. The van der Waals surface area contributed by atoms with E-state index in [-0.39, 0.29) is 5.82 Å². The molecule has 72 valence electrons. The fourth-order valence-corrected chi connectivity index (χ4v) is 1.32. The molecule has 0 aliphatic carbocycles. The van der Waals surface area contributed by atoms with Crippen LogP contribution in [-0.2, 0) is 0 Å². The summed E-state index contributed by atoms with van der Waals surface area (Å²) in [4.78, 5) is 1.70. The zero-order valence-corrected chi connectivity index (χ0v) is 8.90. The summed E-state index contributed by atoms with van der Waals surface area (Å²) in [6, 6.07) is 4.35. The highest BCUT2D eigenvalue weighted by molar-refractivity contribution is 6.30. The van der Waals surface area contributed by atoms with Crippen LogP contribution in [0.2, 0.25) is 5.02 Å². The molecule has 1 rings (SSSR count). The van der Waals surface area contributed by atoms with Gasteiger partial charge in [0.25, 0.3) is 0 Å². The maximum Gasteiger partial charge on any atom is 0.129 e. The average molecular weight is 222 g/mol. The Morgan fingerprint density at radius 3 is 2.54 bits per heavy atom. The van der Waals surface area contributed by atoms with E-state index >= 15 is 0 Å². The Labute approximate surface area is 87.1 Å².